The zero-order valence-corrected chi connectivity index (χ0v) is 19.6. The van der Waals surface area contributed by atoms with Gasteiger partial charge < -0.3 is 4.74 Å². The number of halogens is 2. The van der Waals surface area contributed by atoms with Crippen molar-refractivity contribution >= 4 is 39.9 Å². The van der Waals surface area contributed by atoms with Crippen LogP contribution in [-0.2, 0) is 6.42 Å². The molecule has 0 atom stereocenters. The third-order valence-corrected chi connectivity index (χ3v) is 6.22. The Morgan fingerprint density at radius 1 is 0.971 bits per heavy atom. The van der Waals surface area contributed by atoms with Crippen molar-refractivity contribution in [1.82, 2.24) is 19.7 Å². The van der Waals surface area contributed by atoms with Crippen molar-refractivity contribution in [2.75, 3.05) is 7.11 Å². The van der Waals surface area contributed by atoms with Crippen molar-refractivity contribution in [2.24, 2.45) is 0 Å². The molecule has 5 aromatic rings. The molecular formula is C26H18Cl2N4O2. The molecule has 6 nitrogen and oxygen atoms in total. The highest BCUT2D eigenvalue weighted by atomic mass is 35.5. The molecule has 3 aromatic carbocycles. The molecule has 0 amide bonds. The van der Waals surface area contributed by atoms with E-state index in [0.717, 1.165) is 16.8 Å². The first kappa shape index (κ1) is 22.1. The third kappa shape index (κ3) is 4.25. The molecule has 168 valence electrons. The Labute approximate surface area is 205 Å². The van der Waals surface area contributed by atoms with Crippen molar-refractivity contribution in [3.8, 4) is 11.6 Å². The second-order valence-electron chi connectivity index (χ2n) is 7.66. The van der Waals surface area contributed by atoms with Crippen LogP contribution >= 0.6 is 23.2 Å². The molecule has 0 saturated heterocycles. The predicted molar refractivity (Wildman–Crippen MR) is 132 cm³/mol. The van der Waals surface area contributed by atoms with E-state index in [9.17, 15) is 4.79 Å². The van der Waals surface area contributed by atoms with Crippen LogP contribution in [0.4, 0.5) is 0 Å². The first-order chi connectivity index (χ1) is 16.5. The van der Waals surface area contributed by atoms with Gasteiger partial charge in [0.25, 0.3) is 0 Å². The average molecular weight is 489 g/mol. The first-order valence-corrected chi connectivity index (χ1v) is 11.2. The van der Waals surface area contributed by atoms with Crippen LogP contribution in [0, 0.1) is 0 Å². The smallest absolute Gasteiger partial charge is 0.218 e. The minimum Gasteiger partial charge on any atom is -0.481 e. The van der Waals surface area contributed by atoms with Crippen LogP contribution in [0.15, 0.2) is 79.4 Å². The summed E-state index contributed by atoms with van der Waals surface area (Å²) in [7, 11) is 1.57. The number of hydrogen-bond acceptors (Lipinski definition) is 5. The Morgan fingerprint density at radius 3 is 2.38 bits per heavy atom. The Balaban J connectivity index is 1.51. The number of carbonyl (C=O) groups is 1. The standard InChI is InChI=1S/C26H18Cl2N4O2/c1-34-26-22(12-16-2-9-20(10-3-16)32-15-29-14-30-32)24(28)21-13-18(6-11-23(21)31-26)25(33)17-4-7-19(27)8-5-17/h2-11,13-15H,12H2,1H3. The molecule has 0 aliphatic rings. The number of nitrogens with zero attached hydrogens (tertiary/aromatic N) is 4. The summed E-state index contributed by atoms with van der Waals surface area (Å²) in [6, 6.07) is 20.0. The number of ketones is 1. The van der Waals surface area contributed by atoms with Crippen molar-refractivity contribution in [2.45, 2.75) is 6.42 Å². The Morgan fingerprint density at radius 2 is 1.71 bits per heavy atom. The highest BCUT2D eigenvalue weighted by Crippen LogP contribution is 2.35. The summed E-state index contributed by atoms with van der Waals surface area (Å²) >= 11 is 12.8. The van der Waals surface area contributed by atoms with Gasteiger partial charge in [-0.15, -0.1) is 0 Å². The molecule has 0 bridgehead atoms. The summed E-state index contributed by atoms with van der Waals surface area (Å²) in [5.41, 5.74) is 4.40. The molecule has 2 aromatic heterocycles. The molecule has 0 aliphatic carbocycles. The largest absolute Gasteiger partial charge is 0.481 e. The Bertz CT molecular complexity index is 1480. The fraction of sp³-hybridized carbons (Fsp3) is 0.0769. The summed E-state index contributed by atoms with van der Waals surface area (Å²) in [5, 5.41) is 5.92. The lowest BCUT2D eigenvalue weighted by molar-refractivity contribution is 0.103. The number of carbonyl (C=O) groups excluding carboxylic acids is 1. The van der Waals surface area contributed by atoms with Crippen LogP contribution in [0.2, 0.25) is 10.0 Å². The van der Waals surface area contributed by atoms with Crippen molar-refractivity contribution in [1.29, 1.82) is 0 Å². The minimum atomic E-state index is -0.115. The van der Waals surface area contributed by atoms with Gasteiger partial charge in [0.05, 0.1) is 23.3 Å². The summed E-state index contributed by atoms with van der Waals surface area (Å²) in [6.45, 7) is 0. The van der Waals surface area contributed by atoms with Crippen LogP contribution in [0.25, 0.3) is 16.6 Å². The highest BCUT2D eigenvalue weighted by Gasteiger charge is 2.18. The Kier molecular flexibility index (Phi) is 6.01. The maximum absolute atomic E-state index is 13.0. The molecule has 0 saturated carbocycles. The van der Waals surface area contributed by atoms with Crippen LogP contribution < -0.4 is 4.74 Å². The molecule has 0 N–H and O–H groups in total. The lowest BCUT2D eigenvalue weighted by atomic mass is 9.99. The number of benzene rings is 3. The average Bonchev–Trinajstić information content (AvgIpc) is 3.41. The molecule has 2 heterocycles. The summed E-state index contributed by atoms with van der Waals surface area (Å²) < 4.78 is 7.24. The van der Waals surface area contributed by atoms with Gasteiger partial charge in [-0.1, -0.05) is 35.3 Å². The molecule has 34 heavy (non-hydrogen) atoms. The minimum absolute atomic E-state index is 0.115. The molecule has 0 aliphatic heterocycles. The van der Waals surface area contributed by atoms with E-state index in [2.05, 4.69) is 15.1 Å². The highest BCUT2D eigenvalue weighted by molar-refractivity contribution is 6.36. The maximum Gasteiger partial charge on any atom is 0.218 e. The molecule has 0 fully saturated rings. The van der Waals surface area contributed by atoms with Gasteiger partial charge >= 0.3 is 0 Å². The number of fused-ring (bicyclic) bond motifs is 1. The monoisotopic (exact) mass is 488 g/mol. The quantitative estimate of drug-likeness (QED) is 0.276. The first-order valence-electron chi connectivity index (χ1n) is 10.4. The maximum atomic E-state index is 13.0. The number of methoxy groups -OCH3 is 1. The van der Waals surface area contributed by atoms with Crippen LogP contribution in [-0.4, -0.2) is 32.6 Å². The number of pyridine rings is 1. The van der Waals surface area contributed by atoms with E-state index in [4.69, 9.17) is 27.9 Å². The topological polar surface area (TPSA) is 69.9 Å². The van der Waals surface area contributed by atoms with Crippen molar-refractivity contribution < 1.29 is 9.53 Å². The van der Waals surface area contributed by atoms with Gasteiger partial charge in [-0.3, -0.25) is 4.79 Å². The molecule has 0 unspecified atom stereocenters. The van der Waals surface area contributed by atoms with Gasteiger partial charge in [0.15, 0.2) is 5.78 Å². The number of aromatic nitrogens is 4. The number of rotatable bonds is 6. The van der Waals surface area contributed by atoms with Gasteiger partial charge in [0, 0.05) is 33.5 Å². The van der Waals surface area contributed by atoms with Crippen LogP contribution in [0.3, 0.4) is 0 Å². The van der Waals surface area contributed by atoms with E-state index in [0.29, 0.717) is 44.4 Å². The van der Waals surface area contributed by atoms with Gasteiger partial charge in [0.2, 0.25) is 5.88 Å². The van der Waals surface area contributed by atoms with Gasteiger partial charge in [0.1, 0.15) is 12.7 Å². The molecular weight excluding hydrogens is 471 g/mol. The van der Waals surface area contributed by atoms with E-state index < -0.39 is 0 Å². The lowest BCUT2D eigenvalue weighted by Crippen LogP contribution is -2.03. The summed E-state index contributed by atoms with van der Waals surface area (Å²) in [6.07, 6.45) is 3.65. The molecule has 0 radical (unpaired) electrons. The third-order valence-electron chi connectivity index (χ3n) is 5.54. The lowest BCUT2D eigenvalue weighted by Gasteiger charge is -2.14. The second kappa shape index (κ2) is 9.25. The van der Waals surface area contributed by atoms with E-state index in [1.807, 2.05) is 24.3 Å². The van der Waals surface area contributed by atoms with Gasteiger partial charge in [-0.2, -0.15) is 5.10 Å². The number of hydrogen-bond donors (Lipinski definition) is 0. The number of ether oxygens (including phenoxy) is 1. The Hall–Kier alpha value is -3.74. The molecule has 5 rings (SSSR count). The van der Waals surface area contributed by atoms with Gasteiger partial charge in [-0.05, 0) is 60.2 Å². The van der Waals surface area contributed by atoms with E-state index >= 15 is 0 Å². The summed E-state index contributed by atoms with van der Waals surface area (Å²) in [4.78, 5) is 21.6. The summed E-state index contributed by atoms with van der Waals surface area (Å²) in [5.74, 6) is 0.338. The van der Waals surface area contributed by atoms with Crippen molar-refractivity contribution in [3.63, 3.8) is 0 Å². The predicted octanol–water partition coefficient (Wildman–Crippen LogP) is 5.95. The van der Waals surface area contributed by atoms with Gasteiger partial charge in [-0.25, -0.2) is 14.6 Å². The fourth-order valence-electron chi connectivity index (χ4n) is 3.79. The molecule has 0 spiro atoms. The normalized spacial score (nSPS) is 11.0. The van der Waals surface area contributed by atoms with Crippen LogP contribution in [0.5, 0.6) is 5.88 Å². The van der Waals surface area contributed by atoms with E-state index in [1.165, 1.54) is 6.33 Å². The zero-order valence-electron chi connectivity index (χ0n) is 18.1. The van der Waals surface area contributed by atoms with E-state index in [1.54, 1.807) is 60.6 Å². The SMILES string of the molecule is COc1nc2ccc(C(=O)c3ccc(Cl)cc3)cc2c(Cl)c1Cc1ccc(-n2cncn2)cc1. The fourth-order valence-corrected chi connectivity index (χ4v) is 4.21. The second-order valence-corrected chi connectivity index (χ2v) is 8.48. The van der Waals surface area contributed by atoms with Crippen molar-refractivity contribution in [3.05, 3.63) is 112 Å². The molecule has 8 heteroatoms. The van der Waals surface area contributed by atoms with Crippen LogP contribution in [0.1, 0.15) is 27.0 Å². The van der Waals surface area contributed by atoms with E-state index in [-0.39, 0.29) is 5.78 Å². The zero-order chi connectivity index (χ0) is 23.7.